The summed E-state index contributed by atoms with van der Waals surface area (Å²) in [7, 11) is 0. The fraction of sp³-hybridized carbons (Fsp3) is 0.190. The van der Waals surface area contributed by atoms with Crippen LogP contribution in [0.3, 0.4) is 0 Å². The quantitative estimate of drug-likeness (QED) is 0.655. The first-order valence-electron chi connectivity index (χ1n) is 9.14. The standard InChI is InChI=1S/C21H20N4O4/c1-13(2)29-17-6-4-3-5-15(17)25-20-11-22-16(10-23-20)21(26)24-14-7-8-18-19(9-14)28-12-27-18/h3-11,13H,12H2,1-2H3,(H,23,25)(H,24,26). The Morgan fingerprint density at radius 2 is 1.90 bits per heavy atom. The van der Waals surface area contributed by atoms with E-state index in [1.54, 1.807) is 18.2 Å². The molecule has 0 unspecified atom stereocenters. The van der Waals surface area contributed by atoms with Gasteiger partial charge in [0.15, 0.2) is 11.5 Å². The molecule has 8 heteroatoms. The van der Waals surface area contributed by atoms with Gasteiger partial charge in [0.25, 0.3) is 5.91 Å². The van der Waals surface area contributed by atoms with Gasteiger partial charge < -0.3 is 24.8 Å². The number of hydrogen-bond acceptors (Lipinski definition) is 7. The van der Waals surface area contributed by atoms with Gasteiger partial charge in [0, 0.05) is 11.8 Å². The van der Waals surface area contributed by atoms with Crippen molar-refractivity contribution in [3.05, 3.63) is 60.6 Å². The molecule has 1 aromatic heterocycles. The highest BCUT2D eigenvalue weighted by Crippen LogP contribution is 2.34. The van der Waals surface area contributed by atoms with E-state index in [0.717, 1.165) is 5.69 Å². The molecule has 4 rings (SSSR count). The Labute approximate surface area is 167 Å². The van der Waals surface area contributed by atoms with E-state index in [2.05, 4.69) is 20.6 Å². The molecule has 0 spiro atoms. The van der Waals surface area contributed by atoms with Crippen LogP contribution in [0.25, 0.3) is 0 Å². The fourth-order valence-corrected chi connectivity index (χ4v) is 2.74. The molecular weight excluding hydrogens is 372 g/mol. The Hall–Kier alpha value is -3.81. The number of amides is 1. The summed E-state index contributed by atoms with van der Waals surface area (Å²) in [5.41, 5.74) is 1.55. The van der Waals surface area contributed by atoms with Crippen molar-refractivity contribution in [2.24, 2.45) is 0 Å². The Bertz CT molecular complexity index is 1020. The minimum Gasteiger partial charge on any atom is -0.489 e. The number of aromatic nitrogens is 2. The Balaban J connectivity index is 1.43. The molecule has 1 aliphatic rings. The maximum Gasteiger partial charge on any atom is 0.275 e. The zero-order chi connectivity index (χ0) is 20.2. The van der Waals surface area contributed by atoms with E-state index in [1.807, 2.05) is 38.1 Å². The highest BCUT2D eigenvalue weighted by molar-refractivity contribution is 6.02. The summed E-state index contributed by atoms with van der Waals surface area (Å²) in [5, 5.41) is 5.93. The maximum atomic E-state index is 12.4. The summed E-state index contributed by atoms with van der Waals surface area (Å²) in [4.78, 5) is 20.9. The van der Waals surface area contributed by atoms with Crippen molar-refractivity contribution in [2.75, 3.05) is 17.4 Å². The third-order valence-corrected chi connectivity index (χ3v) is 4.03. The van der Waals surface area contributed by atoms with Gasteiger partial charge in [-0.05, 0) is 38.1 Å². The zero-order valence-electron chi connectivity index (χ0n) is 16.0. The third kappa shape index (κ3) is 4.37. The van der Waals surface area contributed by atoms with Crippen LogP contribution >= 0.6 is 0 Å². The van der Waals surface area contributed by atoms with Crippen molar-refractivity contribution in [2.45, 2.75) is 20.0 Å². The lowest BCUT2D eigenvalue weighted by atomic mass is 10.2. The zero-order valence-corrected chi connectivity index (χ0v) is 16.0. The van der Waals surface area contributed by atoms with Gasteiger partial charge >= 0.3 is 0 Å². The first kappa shape index (κ1) is 18.5. The first-order valence-corrected chi connectivity index (χ1v) is 9.14. The summed E-state index contributed by atoms with van der Waals surface area (Å²) in [6, 6.07) is 12.7. The summed E-state index contributed by atoms with van der Waals surface area (Å²) in [6.45, 7) is 4.10. The molecule has 2 aromatic carbocycles. The second kappa shape index (κ2) is 8.05. The van der Waals surface area contributed by atoms with E-state index < -0.39 is 0 Å². The second-order valence-electron chi connectivity index (χ2n) is 6.60. The topological polar surface area (TPSA) is 94.6 Å². The van der Waals surface area contributed by atoms with Gasteiger partial charge in [-0.15, -0.1) is 0 Å². The third-order valence-electron chi connectivity index (χ3n) is 4.03. The second-order valence-corrected chi connectivity index (χ2v) is 6.60. The van der Waals surface area contributed by atoms with Gasteiger partial charge in [0.1, 0.15) is 17.3 Å². The molecule has 148 valence electrons. The van der Waals surface area contributed by atoms with Crippen molar-refractivity contribution in [1.29, 1.82) is 0 Å². The molecule has 1 amide bonds. The normalized spacial score (nSPS) is 12.0. The van der Waals surface area contributed by atoms with Crippen LogP contribution in [0.2, 0.25) is 0 Å². The number of ether oxygens (including phenoxy) is 3. The summed E-state index contributed by atoms with van der Waals surface area (Å²) >= 11 is 0. The molecule has 1 aliphatic heterocycles. The van der Waals surface area contributed by atoms with Gasteiger partial charge in [-0.25, -0.2) is 9.97 Å². The number of para-hydroxylation sites is 2. The van der Waals surface area contributed by atoms with E-state index in [1.165, 1.54) is 12.4 Å². The molecule has 0 fully saturated rings. The van der Waals surface area contributed by atoms with Gasteiger partial charge in [0.05, 0.1) is 24.2 Å². The Morgan fingerprint density at radius 3 is 2.69 bits per heavy atom. The Morgan fingerprint density at radius 1 is 1.07 bits per heavy atom. The predicted octanol–water partition coefficient (Wildman–Crippen LogP) is 3.99. The van der Waals surface area contributed by atoms with Gasteiger partial charge in [-0.1, -0.05) is 12.1 Å². The van der Waals surface area contributed by atoms with Crippen LogP contribution in [-0.4, -0.2) is 28.8 Å². The van der Waals surface area contributed by atoms with Gasteiger partial charge in [0.2, 0.25) is 6.79 Å². The van der Waals surface area contributed by atoms with E-state index in [4.69, 9.17) is 14.2 Å². The van der Waals surface area contributed by atoms with Crippen LogP contribution in [-0.2, 0) is 0 Å². The number of fused-ring (bicyclic) bond motifs is 1. The number of benzene rings is 2. The van der Waals surface area contributed by atoms with Crippen molar-refractivity contribution >= 4 is 23.1 Å². The van der Waals surface area contributed by atoms with E-state index in [9.17, 15) is 4.79 Å². The highest BCUT2D eigenvalue weighted by atomic mass is 16.7. The number of carbonyl (C=O) groups is 1. The van der Waals surface area contributed by atoms with Crippen molar-refractivity contribution in [1.82, 2.24) is 9.97 Å². The van der Waals surface area contributed by atoms with E-state index >= 15 is 0 Å². The molecule has 0 saturated heterocycles. The predicted molar refractivity (Wildman–Crippen MR) is 108 cm³/mol. The molecule has 8 nitrogen and oxygen atoms in total. The molecule has 0 saturated carbocycles. The number of anilines is 3. The number of nitrogens with zero attached hydrogens (tertiary/aromatic N) is 2. The minimum absolute atomic E-state index is 0.0475. The number of rotatable bonds is 6. The summed E-state index contributed by atoms with van der Waals surface area (Å²) < 4.78 is 16.4. The van der Waals surface area contributed by atoms with Crippen LogP contribution in [0.5, 0.6) is 17.2 Å². The molecule has 3 aromatic rings. The molecule has 2 heterocycles. The number of nitrogens with one attached hydrogen (secondary N) is 2. The molecule has 0 atom stereocenters. The summed E-state index contributed by atoms with van der Waals surface area (Å²) in [6.07, 6.45) is 2.96. The van der Waals surface area contributed by atoms with E-state index in [0.29, 0.717) is 28.8 Å². The lowest BCUT2D eigenvalue weighted by molar-refractivity contribution is 0.102. The Kier molecular flexibility index (Phi) is 5.15. The molecule has 0 radical (unpaired) electrons. The van der Waals surface area contributed by atoms with Crippen molar-refractivity contribution in [3.63, 3.8) is 0 Å². The average molecular weight is 392 g/mol. The van der Waals surface area contributed by atoms with Crippen LogP contribution in [0.15, 0.2) is 54.9 Å². The molecular formula is C21H20N4O4. The monoisotopic (exact) mass is 392 g/mol. The summed E-state index contributed by atoms with van der Waals surface area (Å²) in [5.74, 6) is 2.10. The smallest absolute Gasteiger partial charge is 0.275 e. The number of carbonyl (C=O) groups excluding carboxylic acids is 1. The van der Waals surface area contributed by atoms with Crippen molar-refractivity contribution < 1.29 is 19.0 Å². The van der Waals surface area contributed by atoms with Gasteiger partial charge in [-0.2, -0.15) is 0 Å². The first-order chi connectivity index (χ1) is 14.1. The maximum absolute atomic E-state index is 12.4. The molecule has 0 bridgehead atoms. The average Bonchev–Trinajstić information content (AvgIpc) is 3.17. The molecule has 0 aliphatic carbocycles. The lowest BCUT2D eigenvalue weighted by Gasteiger charge is -2.15. The van der Waals surface area contributed by atoms with E-state index in [-0.39, 0.29) is 24.5 Å². The molecule has 29 heavy (non-hydrogen) atoms. The van der Waals surface area contributed by atoms with Crippen LogP contribution in [0, 0.1) is 0 Å². The fourth-order valence-electron chi connectivity index (χ4n) is 2.74. The van der Waals surface area contributed by atoms with Crippen molar-refractivity contribution in [3.8, 4) is 17.2 Å². The van der Waals surface area contributed by atoms with Crippen LogP contribution < -0.4 is 24.8 Å². The largest absolute Gasteiger partial charge is 0.489 e. The van der Waals surface area contributed by atoms with Crippen LogP contribution in [0.1, 0.15) is 24.3 Å². The lowest BCUT2D eigenvalue weighted by Crippen LogP contribution is -2.14. The highest BCUT2D eigenvalue weighted by Gasteiger charge is 2.15. The minimum atomic E-state index is -0.369. The van der Waals surface area contributed by atoms with Crippen LogP contribution in [0.4, 0.5) is 17.2 Å². The molecule has 2 N–H and O–H groups in total. The number of hydrogen-bond donors (Lipinski definition) is 2. The van der Waals surface area contributed by atoms with Gasteiger partial charge in [-0.3, -0.25) is 4.79 Å². The SMILES string of the molecule is CC(C)Oc1ccccc1Nc1cnc(C(=O)Nc2ccc3c(c2)OCO3)cn1.